The Bertz CT molecular complexity index is 814. The smallest absolute Gasteiger partial charge is 0.475 e. The number of fused-ring (bicyclic) bond motifs is 1. The van der Waals surface area contributed by atoms with Crippen molar-refractivity contribution in [3.63, 3.8) is 0 Å². The Morgan fingerprint density at radius 3 is 2.61 bits per heavy atom. The van der Waals surface area contributed by atoms with E-state index in [0.29, 0.717) is 18.5 Å². The number of hydrogen-bond acceptors (Lipinski definition) is 5. The van der Waals surface area contributed by atoms with Crippen molar-refractivity contribution in [2.45, 2.75) is 37.6 Å². The number of rotatable bonds is 3. The first-order valence-electron chi connectivity index (χ1n) is 8.55. The molecular formula is C18H18F3N3O3S. The number of carbonyl (C=O) groups is 2. The van der Waals surface area contributed by atoms with Gasteiger partial charge in [-0.15, -0.1) is 0 Å². The average molecular weight is 413 g/mol. The minimum Gasteiger partial charge on any atom is -0.475 e. The van der Waals surface area contributed by atoms with Gasteiger partial charge in [0.05, 0.1) is 17.4 Å². The van der Waals surface area contributed by atoms with Crippen molar-refractivity contribution in [2.75, 3.05) is 11.4 Å². The van der Waals surface area contributed by atoms with Crippen molar-refractivity contribution < 1.29 is 27.9 Å². The third-order valence-corrected chi connectivity index (χ3v) is 5.40. The maximum Gasteiger partial charge on any atom is 0.490 e. The summed E-state index contributed by atoms with van der Waals surface area (Å²) in [5.41, 5.74) is 2.15. The van der Waals surface area contributed by atoms with Gasteiger partial charge < -0.3 is 10.0 Å². The standard InChI is InChI=1S/C16H17N3OS.C2HF3O2/c20-16-9-15-14(19(16)13-5-8-21-11-13)4-7-18(15)10-12-3-1-2-6-17-12;3-2(4,5)1(6)7/h1-3,5-6,8,11,14-15H,4,7,9-10H2;(H,6,7)/t14-,15+;/m1./s1. The summed E-state index contributed by atoms with van der Waals surface area (Å²) in [5, 5.41) is 11.2. The van der Waals surface area contributed by atoms with E-state index in [0.717, 1.165) is 30.9 Å². The van der Waals surface area contributed by atoms with Gasteiger partial charge in [0, 0.05) is 37.1 Å². The lowest BCUT2D eigenvalue weighted by Crippen LogP contribution is -2.37. The number of carboxylic acids is 1. The Balaban J connectivity index is 0.000000279. The number of hydrogen-bond donors (Lipinski definition) is 1. The van der Waals surface area contributed by atoms with Crippen LogP contribution >= 0.6 is 11.3 Å². The lowest BCUT2D eigenvalue weighted by atomic mass is 10.1. The Labute approximate surface area is 163 Å². The summed E-state index contributed by atoms with van der Waals surface area (Å²) >= 11 is 1.65. The van der Waals surface area contributed by atoms with Gasteiger partial charge in [-0.3, -0.25) is 14.7 Å². The molecule has 2 fully saturated rings. The largest absolute Gasteiger partial charge is 0.490 e. The second-order valence-electron chi connectivity index (χ2n) is 6.47. The Morgan fingerprint density at radius 1 is 1.29 bits per heavy atom. The molecule has 6 nitrogen and oxygen atoms in total. The molecule has 2 aromatic heterocycles. The molecule has 4 heterocycles. The molecule has 0 spiro atoms. The summed E-state index contributed by atoms with van der Waals surface area (Å²) in [6.07, 6.45) is -1.56. The molecule has 1 amide bonds. The van der Waals surface area contributed by atoms with Gasteiger partial charge in [0.2, 0.25) is 5.91 Å². The maximum atomic E-state index is 12.4. The number of aromatic nitrogens is 1. The van der Waals surface area contributed by atoms with E-state index < -0.39 is 12.1 Å². The first-order chi connectivity index (χ1) is 13.3. The van der Waals surface area contributed by atoms with E-state index in [2.05, 4.69) is 21.3 Å². The van der Waals surface area contributed by atoms with Crippen LogP contribution in [0, 0.1) is 0 Å². The fraction of sp³-hybridized carbons (Fsp3) is 0.389. The summed E-state index contributed by atoms with van der Waals surface area (Å²) in [7, 11) is 0. The van der Waals surface area contributed by atoms with Crippen LogP contribution in [-0.2, 0) is 16.1 Å². The Hall–Kier alpha value is -2.46. The van der Waals surface area contributed by atoms with Crippen molar-refractivity contribution in [2.24, 2.45) is 0 Å². The molecule has 0 bridgehead atoms. The van der Waals surface area contributed by atoms with Crippen molar-refractivity contribution in [1.82, 2.24) is 9.88 Å². The predicted molar refractivity (Wildman–Crippen MR) is 97.0 cm³/mol. The van der Waals surface area contributed by atoms with Crippen LogP contribution in [0.3, 0.4) is 0 Å². The summed E-state index contributed by atoms with van der Waals surface area (Å²) < 4.78 is 31.7. The third-order valence-electron chi connectivity index (χ3n) is 4.73. The number of nitrogens with zero attached hydrogens (tertiary/aromatic N) is 3. The Kier molecular flexibility index (Phi) is 5.99. The van der Waals surface area contributed by atoms with Gasteiger partial charge in [0.15, 0.2) is 0 Å². The fourth-order valence-electron chi connectivity index (χ4n) is 3.55. The molecule has 0 aromatic carbocycles. The number of amides is 1. The van der Waals surface area contributed by atoms with Gasteiger partial charge >= 0.3 is 12.1 Å². The molecular weight excluding hydrogens is 395 g/mol. The fourth-order valence-corrected chi connectivity index (χ4v) is 4.18. The minimum atomic E-state index is -5.08. The first kappa shape index (κ1) is 20.3. The normalized spacial score (nSPS) is 22.0. The molecule has 2 aromatic rings. The number of carbonyl (C=O) groups excluding carboxylic acids is 1. The van der Waals surface area contributed by atoms with Gasteiger partial charge in [0.25, 0.3) is 0 Å². The quantitative estimate of drug-likeness (QED) is 0.837. The van der Waals surface area contributed by atoms with Gasteiger partial charge in [-0.2, -0.15) is 24.5 Å². The van der Waals surface area contributed by atoms with Crippen LogP contribution in [0.15, 0.2) is 41.2 Å². The lowest BCUT2D eigenvalue weighted by molar-refractivity contribution is -0.192. The van der Waals surface area contributed by atoms with Crippen LogP contribution in [-0.4, -0.2) is 51.7 Å². The van der Waals surface area contributed by atoms with Crippen molar-refractivity contribution in [1.29, 1.82) is 0 Å². The van der Waals surface area contributed by atoms with E-state index in [1.807, 2.05) is 34.7 Å². The van der Waals surface area contributed by atoms with Crippen molar-refractivity contribution >= 4 is 28.9 Å². The summed E-state index contributed by atoms with van der Waals surface area (Å²) in [4.78, 5) is 30.1. The predicted octanol–water partition coefficient (Wildman–Crippen LogP) is 3.16. The van der Waals surface area contributed by atoms with Crippen molar-refractivity contribution in [3.8, 4) is 0 Å². The molecule has 0 unspecified atom stereocenters. The van der Waals surface area contributed by atoms with Gasteiger partial charge in [-0.05, 0) is 30.0 Å². The van der Waals surface area contributed by atoms with E-state index >= 15 is 0 Å². The summed E-state index contributed by atoms with van der Waals surface area (Å²) in [6, 6.07) is 8.73. The zero-order valence-electron chi connectivity index (χ0n) is 14.7. The second-order valence-corrected chi connectivity index (χ2v) is 7.25. The number of pyridine rings is 1. The number of aliphatic carboxylic acids is 1. The molecule has 10 heteroatoms. The van der Waals surface area contributed by atoms with Crippen LogP contribution in [0.1, 0.15) is 18.5 Å². The van der Waals surface area contributed by atoms with E-state index in [9.17, 15) is 18.0 Å². The topological polar surface area (TPSA) is 73.7 Å². The van der Waals surface area contributed by atoms with Gasteiger partial charge in [0.1, 0.15) is 0 Å². The first-order valence-corrected chi connectivity index (χ1v) is 9.50. The van der Waals surface area contributed by atoms with Crippen LogP contribution < -0.4 is 4.90 Å². The van der Waals surface area contributed by atoms with E-state index in [-0.39, 0.29) is 5.91 Å². The molecule has 0 aliphatic carbocycles. The molecule has 28 heavy (non-hydrogen) atoms. The van der Waals surface area contributed by atoms with E-state index in [1.54, 1.807) is 11.3 Å². The summed E-state index contributed by atoms with van der Waals surface area (Å²) in [6.45, 7) is 1.88. The number of halogens is 3. The molecule has 2 atom stereocenters. The SMILES string of the molecule is O=C(O)C(F)(F)F.O=C1C[C@H]2[C@@H](CCN2Cc2ccccn2)N1c1ccsc1. The molecule has 2 aliphatic rings. The third kappa shape index (κ3) is 4.50. The Morgan fingerprint density at radius 2 is 2.04 bits per heavy atom. The summed E-state index contributed by atoms with van der Waals surface area (Å²) in [5.74, 6) is -2.50. The monoisotopic (exact) mass is 413 g/mol. The molecule has 0 saturated carbocycles. The van der Waals surface area contributed by atoms with Crippen LogP contribution in [0.2, 0.25) is 0 Å². The second kappa shape index (κ2) is 8.27. The lowest BCUT2D eigenvalue weighted by Gasteiger charge is -2.24. The zero-order valence-corrected chi connectivity index (χ0v) is 15.5. The highest BCUT2D eigenvalue weighted by Gasteiger charge is 2.47. The zero-order chi connectivity index (χ0) is 20.3. The average Bonchev–Trinajstić information content (AvgIpc) is 3.34. The highest BCUT2D eigenvalue weighted by molar-refractivity contribution is 7.08. The number of anilines is 1. The van der Waals surface area contributed by atoms with Crippen molar-refractivity contribution in [3.05, 3.63) is 46.9 Å². The molecule has 150 valence electrons. The molecule has 0 radical (unpaired) electrons. The maximum absolute atomic E-state index is 12.4. The highest BCUT2D eigenvalue weighted by atomic mass is 32.1. The number of alkyl halides is 3. The van der Waals surface area contributed by atoms with Crippen LogP contribution in [0.25, 0.3) is 0 Å². The molecule has 1 N–H and O–H groups in total. The number of carboxylic acid groups (broad SMARTS) is 1. The van der Waals surface area contributed by atoms with Gasteiger partial charge in [-0.25, -0.2) is 4.79 Å². The van der Waals surface area contributed by atoms with Gasteiger partial charge in [-0.1, -0.05) is 6.07 Å². The molecule has 2 aliphatic heterocycles. The van der Waals surface area contributed by atoms with E-state index in [1.165, 1.54) is 0 Å². The van der Waals surface area contributed by atoms with Crippen LogP contribution in [0.4, 0.5) is 18.9 Å². The minimum absolute atomic E-state index is 0.258. The number of likely N-dealkylation sites (tertiary alicyclic amines) is 1. The van der Waals surface area contributed by atoms with Crippen LogP contribution in [0.5, 0.6) is 0 Å². The highest BCUT2D eigenvalue weighted by Crippen LogP contribution is 2.37. The van der Waals surface area contributed by atoms with E-state index in [4.69, 9.17) is 9.90 Å². The molecule has 4 rings (SSSR count). The number of thiophene rings is 1. The molecule has 2 saturated heterocycles.